The fourth-order valence-corrected chi connectivity index (χ4v) is 7.59. The number of carbonyl (C=O) groups is 1. The number of ether oxygens (including phenoxy) is 1. The Morgan fingerprint density at radius 3 is 1.97 bits per heavy atom. The lowest BCUT2D eigenvalue weighted by Crippen LogP contribution is -2.46. The maximum atomic E-state index is 14.0. The number of likely N-dealkylation sites (tertiary alicyclic amines) is 1. The summed E-state index contributed by atoms with van der Waals surface area (Å²) in [5.74, 6) is 1.95. The van der Waals surface area contributed by atoms with Crippen molar-refractivity contribution in [1.82, 2.24) is 4.90 Å². The summed E-state index contributed by atoms with van der Waals surface area (Å²) in [6, 6.07) is 40.7. The molecule has 0 unspecified atom stereocenters. The summed E-state index contributed by atoms with van der Waals surface area (Å²) < 4.78 is 5.86. The number of rotatable bonds is 6. The SMILES string of the molecule is COc1ccccc1[C@H]1CCC(c2ccccc2)(c2ccccc2)[C@H]2CN(C(=O)[C@@H](C)c3ccccc3)C[C@@H]12. The molecule has 4 aromatic rings. The van der Waals surface area contributed by atoms with Gasteiger partial charge >= 0.3 is 0 Å². The molecule has 198 valence electrons. The van der Waals surface area contributed by atoms with Gasteiger partial charge in [0, 0.05) is 18.5 Å². The Bertz CT molecular complexity index is 1360. The molecule has 0 aromatic heterocycles. The van der Waals surface area contributed by atoms with E-state index in [1.54, 1.807) is 7.11 Å². The Balaban J connectivity index is 1.46. The van der Waals surface area contributed by atoms with Crippen molar-refractivity contribution in [2.75, 3.05) is 20.2 Å². The van der Waals surface area contributed by atoms with Crippen molar-refractivity contribution in [2.24, 2.45) is 11.8 Å². The first-order valence-electron chi connectivity index (χ1n) is 14.2. The number of para-hydroxylation sites is 1. The van der Waals surface area contributed by atoms with Crippen LogP contribution in [-0.2, 0) is 10.2 Å². The monoisotopic (exact) mass is 515 g/mol. The summed E-state index contributed by atoms with van der Waals surface area (Å²) in [6.07, 6.45) is 2.07. The topological polar surface area (TPSA) is 29.5 Å². The molecule has 3 heteroatoms. The minimum absolute atomic E-state index is 0.156. The third-order valence-corrected chi connectivity index (χ3v) is 9.46. The van der Waals surface area contributed by atoms with Crippen molar-refractivity contribution in [2.45, 2.75) is 37.0 Å². The second-order valence-corrected chi connectivity index (χ2v) is 11.2. The first-order chi connectivity index (χ1) is 19.1. The number of fused-ring (bicyclic) bond motifs is 1. The van der Waals surface area contributed by atoms with Gasteiger partial charge in [0.25, 0.3) is 0 Å². The van der Waals surface area contributed by atoms with Crippen LogP contribution in [0.4, 0.5) is 0 Å². The normalized spacial score (nSPS) is 22.6. The molecular weight excluding hydrogens is 478 g/mol. The molecule has 1 aliphatic heterocycles. The van der Waals surface area contributed by atoms with Crippen LogP contribution in [-0.4, -0.2) is 31.0 Å². The van der Waals surface area contributed by atoms with Gasteiger partial charge in [-0.1, -0.05) is 109 Å². The average molecular weight is 516 g/mol. The molecule has 1 saturated heterocycles. The quantitative estimate of drug-likeness (QED) is 0.267. The van der Waals surface area contributed by atoms with E-state index in [1.165, 1.54) is 16.7 Å². The van der Waals surface area contributed by atoms with E-state index in [1.807, 2.05) is 24.3 Å². The molecule has 2 fully saturated rings. The molecular formula is C36H37NO2. The zero-order chi connectivity index (χ0) is 26.8. The van der Waals surface area contributed by atoms with Gasteiger partial charge < -0.3 is 9.64 Å². The third kappa shape index (κ3) is 4.44. The van der Waals surface area contributed by atoms with Crippen LogP contribution in [0, 0.1) is 11.8 Å². The Morgan fingerprint density at radius 1 is 0.795 bits per heavy atom. The van der Waals surface area contributed by atoms with E-state index in [-0.39, 0.29) is 23.2 Å². The van der Waals surface area contributed by atoms with Gasteiger partial charge in [0.1, 0.15) is 5.75 Å². The highest BCUT2D eigenvalue weighted by molar-refractivity contribution is 5.83. The molecule has 1 heterocycles. The highest BCUT2D eigenvalue weighted by Crippen LogP contribution is 2.58. The minimum atomic E-state index is -0.168. The van der Waals surface area contributed by atoms with Gasteiger partial charge in [0.2, 0.25) is 5.91 Å². The number of carbonyl (C=O) groups excluding carboxylic acids is 1. The molecule has 39 heavy (non-hydrogen) atoms. The summed E-state index contributed by atoms with van der Waals surface area (Å²) in [5.41, 5.74) is 4.91. The van der Waals surface area contributed by atoms with Gasteiger partial charge in [-0.15, -0.1) is 0 Å². The van der Waals surface area contributed by atoms with Crippen LogP contribution in [0.5, 0.6) is 5.75 Å². The molecule has 1 amide bonds. The smallest absolute Gasteiger partial charge is 0.229 e. The average Bonchev–Trinajstić information content (AvgIpc) is 3.47. The molecule has 3 nitrogen and oxygen atoms in total. The van der Waals surface area contributed by atoms with Crippen molar-refractivity contribution in [3.05, 3.63) is 138 Å². The lowest BCUT2D eigenvalue weighted by Gasteiger charge is -2.49. The van der Waals surface area contributed by atoms with Gasteiger partial charge in [-0.05, 0) is 65.8 Å². The zero-order valence-electron chi connectivity index (χ0n) is 22.9. The second-order valence-electron chi connectivity index (χ2n) is 11.2. The molecule has 4 aromatic carbocycles. The van der Waals surface area contributed by atoms with E-state index >= 15 is 0 Å². The van der Waals surface area contributed by atoms with Gasteiger partial charge in [-0.25, -0.2) is 0 Å². The van der Waals surface area contributed by atoms with E-state index in [4.69, 9.17) is 4.74 Å². The standard InChI is InChI=1S/C36H37NO2/c1-26(27-14-6-3-7-15-27)35(38)37-24-32-30(31-20-12-13-21-34(31)39-2)22-23-36(33(32)25-37,28-16-8-4-9-17-28)29-18-10-5-11-19-29/h3-21,26,30,32-33H,22-25H2,1-2H3/t26-,30+,32-,33-/m0/s1. The van der Waals surface area contributed by atoms with Crippen LogP contribution in [0.2, 0.25) is 0 Å². The maximum absolute atomic E-state index is 14.0. The van der Waals surface area contributed by atoms with Crippen LogP contribution >= 0.6 is 0 Å². The van der Waals surface area contributed by atoms with Gasteiger partial charge in [-0.3, -0.25) is 4.79 Å². The van der Waals surface area contributed by atoms with Crippen LogP contribution in [0.25, 0.3) is 0 Å². The van der Waals surface area contributed by atoms with Gasteiger partial charge in [0.05, 0.1) is 13.0 Å². The molecule has 0 spiro atoms. The summed E-state index contributed by atoms with van der Waals surface area (Å²) in [4.78, 5) is 16.2. The van der Waals surface area contributed by atoms with E-state index in [0.717, 1.165) is 37.2 Å². The number of nitrogens with zero attached hydrogens (tertiary/aromatic N) is 1. The molecule has 1 aliphatic carbocycles. The number of benzene rings is 4. The first kappa shape index (κ1) is 25.4. The molecule has 1 saturated carbocycles. The lowest BCUT2D eigenvalue weighted by atomic mass is 9.53. The predicted octanol–water partition coefficient (Wildman–Crippen LogP) is 7.44. The molecule has 4 atom stereocenters. The fourth-order valence-electron chi connectivity index (χ4n) is 7.59. The molecule has 2 aliphatic rings. The summed E-state index contributed by atoms with van der Waals surface area (Å²) in [5, 5.41) is 0. The largest absolute Gasteiger partial charge is 0.496 e. The van der Waals surface area contributed by atoms with E-state index < -0.39 is 0 Å². The summed E-state index contributed by atoms with van der Waals surface area (Å²) in [6.45, 7) is 3.58. The number of amides is 1. The highest BCUT2D eigenvalue weighted by atomic mass is 16.5. The van der Waals surface area contributed by atoms with Crippen molar-refractivity contribution in [3.63, 3.8) is 0 Å². The van der Waals surface area contributed by atoms with Crippen molar-refractivity contribution >= 4 is 5.91 Å². The zero-order valence-corrected chi connectivity index (χ0v) is 22.9. The molecule has 0 bridgehead atoms. The predicted molar refractivity (Wildman–Crippen MR) is 157 cm³/mol. The van der Waals surface area contributed by atoms with Crippen LogP contribution in [0.15, 0.2) is 115 Å². The minimum Gasteiger partial charge on any atom is -0.496 e. The Hall–Kier alpha value is -3.85. The summed E-state index contributed by atoms with van der Waals surface area (Å²) in [7, 11) is 1.77. The number of methoxy groups -OCH3 is 1. The molecule has 0 N–H and O–H groups in total. The van der Waals surface area contributed by atoms with E-state index in [0.29, 0.717) is 11.8 Å². The Morgan fingerprint density at radius 2 is 1.36 bits per heavy atom. The molecule has 0 radical (unpaired) electrons. The Labute approximate surface area is 232 Å². The van der Waals surface area contributed by atoms with Crippen molar-refractivity contribution in [1.29, 1.82) is 0 Å². The number of hydrogen-bond acceptors (Lipinski definition) is 2. The molecule has 6 rings (SSSR count). The number of hydrogen-bond donors (Lipinski definition) is 0. The van der Waals surface area contributed by atoms with Gasteiger partial charge in [0.15, 0.2) is 0 Å². The van der Waals surface area contributed by atoms with Crippen LogP contribution in [0.3, 0.4) is 0 Å². The lowest BCUT2D eigenvalue weighted by molar-refractivity contribution is -0.131. The first-order valence-corrected chi connectivity index (χ1v) is 14.2. The van der Waals surface area contributed by atoms with Crippen LogP contribution < -0.4 is 4.74 Å². The van der Waals surface area contributed by atoms with Crippen LogP contribution in [0.1, 0.15) is 53.9 Å². The maximum Gasteiger partial charge on any atom is 0.229 e. The second kappa shape index (κ2) is 10.7. The summed E-state index contributed by atoms with van der Waals surface area (Å²) >= 11 is 0. The van der Waals surface area contributed by atoms with E-state index in [2.05, 4.69) is 103 Å². The highest BCUT2D eigenvalue weighted by Gasteiger charge is 2.56. The Kier molecular flexibility index (Phi) is 6.99. The van der Waals surface area contributed by atoms with Crippen molar-refractivity contribution < 1.29 is 9.53 Å². The van der Waals surface area contributed by atoms with Gasteiger partial charge in [-0.2, -0.15) is 0 Å². The third-order valence-electron chi connectivity index (χ3n) is 9.46. The van der Waals surface area contributed by atoms with Crippen molar-refractivity contribution in [3.8, 4) is 5.75 Å². The van der Waals surface area contributed by atoms with E-state index in [9.17, 15) is 4.79 Å². The fraction of sp³-hybridized carbons (Fsp3) is 0.306.